The molecule has 0 N–H and O–H groups in total. The molecule has 0 bridgehead atoms. The molecule has 144 valence electrons. The fourth-order valence-corrected chi connectivity index (χ4v) is 3.05. The van der Waals surface area contributed by atoms with Gasteiger partial charge in [-0.25, -0.2) is 0 Å². The van der Waals surface area contributed by atoms with Crippen LogP contribution in [0.1, 0.15) is 10.5 Å². The molecule has 4 rings (SSSR count). The molecule has 0 radical (unpaired) electrons. The van der Waals surface area contributed by atoms with Crippen molar-refractivity contribution in [1.29, 1.82) is 0 Å². The van der Waals surface area contributed by atoms with Gasteiger partial charge in [-0.2, -0.15) is 0 Å². The molecular weight excluding hydrogens is 358 g/mol. The van der Waals surface area contributed by atoms with Crippen LogP contribution < -0.4 is 9.80 Å². The van der Waals surface area contributed by atoms with Crippen molar-refractivity contribution < 1.29 is 9.32 Å². The third kappa shape index (κ3) is 3.64. The number of rotatable bonds is 4. The zero-order valence-corrected chi connectivity index (χ0v) is 15.8. The summed E-state index contributed by atoms with van der Waals surface area (Å²) in [6.45, 7) is 2.56. The Morgan fingerprint density at radius 2 is 1.93 bits per heavy atom. The molecule has 1 fully saturated rings. The van der Waals surface area contributed by atoms with Crippen LogP contribution in [-0.2, 0) is 0 Å². The monoisotopic (exact) mass is 379 g/mol. The molecule has 9 nitrogen and oxygen atoms in total. The quantitative estimate of drug-likeness (QED) is 0.674. The maximum atomic E-state index is 12.7. The average molecular weight is 379 g/mol. The van der Waals surface area contributed by atoms with Gasteiger partial charge in [0.15, 0.2) is 23.1 Å². The normalized spacial score (nSPS) is 14.2. The van der Waals surface area contributed by atoms with Crippen LogP contribution in [0.4, 0.5) is 11.6 Å². The molecule has 1 saturated heterocycles. The Balaban J connectivity index is 1.38. The van der Waals surface area contributed by atoms with Crippen molar-refractivity contribution in [2.24, 2.45) is 0 Å². The summed E-state index contributed by atoms with van der Waals surface area (Å²) in [7, 11) is 3.86. The minimum Gasteiger partial charge on any atom is -0.361 e. The van der Waals surface area contributed by atoms with Crippen LogP contribution in [0.3, 0.4) is 0 Å². The Labute approximate surface area is 162 Å². The minimum atomic E-state index is -0.132. The van der Waals surface area contributed by atoms with E-state index < -0.39 is 0 Å². The third-order valence-electron chi connectivity index (χ3n) is 4.66. The molecule has 9 heteroatoms. The van der Waals surface area contributed by atoms with E-state index in [0.29, 0.717) is 37.6 Å². The lowest BCUT2D eigenvalue weighted by Gasteiger charge is -2.34. The van der Waals surface area contributed by atoms with Gasteiger partial charge in [-0.1, -0.05) is 5.16 Å². The Morgan fingerprint density at radius 3 is 2.57 bits per heavy atom. The summed E-state index contributed by atoms with van der Waals surface area (Å²) in [6.07, 6.45) is 3.36. The fourth-order valence-electron chi connectivity index (χ4n) is 3.05. The number of carbonyl (C=O) groups excluding carboxylic acids is 1. The van der Waals surface area contributed by atoms with Crippen molar-refractivity contribution in [3.05, 3.63) is 48.4 Å². The predicted molar refractivity (Wildman–Crippen MR) is 104 cm³/mol. The summed E-state index contributed by atoms with van der Waals surface area (Å²) in [5, 5.41) is 12.4. The number of carbonyl (C=O) groups is 1. The number of hydrogen-bond acceptors (Lipinski definition) is 8. The third-order valence-corrected chi connectivity index (χ3v) is 4.66. The molecule has 1 aliphatic heterocycles. The van der Waals surface area contributed by atoms with Crippen LogP contribution in [0, 0.1) is 0 Å². The fraction of sp³-hybridized carbons (Fsp3) is 0.316. The van der Waals surface area contributed by atoms with Gasteiger partial charge in [0, 0.05) is 64.3 Å². The van der Waals surface area contributed by atoms with Gasteiger partial charge in [0.1, 0.15) is 0 Å². The van der Waals surface area contributed by atoms with Gasteiger partial charge in [-0.3, -0.25) is 9.78 Å². The van der Waals surface area contributed by atoms with E-state index >= 15 is 0 Å². The number of amides is 1. The highest BCUT2D eigenvalue weighted by Gasteiger charge is 2.25. The highest BCUT2D eigenvalue weighted by atomic mass is 16.5. The molecule has 1 amide bonds. The zero-order chi connectivity index (χ0) is 19.5. The van der Waals surface area contributed by atoms with E-state index in [9.17, 15) is 4.79 Å². The van der Waals surface area contributed by atoms with E-state index in [4.69, 9.17) is 4.52 Å². The van der Waals surface area contributed by atoms with Crippen molar-refractivity contribution in [1.82, 2.24) is 25.2 Å². The van der Waals surface area contributed by atoms with Crippen molar-refractivity contribution >= 4 is 17.5 Å². The van der Waals surface area contributed by atoms with E-state index in [2.05, 4.69) is 25.2 Å². The van der Waals surface area contributed by atoms with E-state index in [0.717, 1.165) is 17.2 Å². The largest absolute Gasteiger partial charge is 0.361 e. The van der Waals surface area contributed by atoms with Crippen LogP contribution in [0.5, 0.6) is 0 Å². The first kappa shape index (κ1) is 17.9. The summed E-state index contributed by atoms with van der Waals surface area (Å²) in [5.41, 5.74) is 1.10. The molecule has 0 spiro atoms. The Hall–Kier alpha value is -3.49. The number of aromatic nitrogens is 4. The smallest absolute Gasteiger partial charge is 0.276 e. The second-order valence-electron chi connectivity index (χ2n) is 6.74. The lowest BCUT2D eigenvalue weighted by atomic mass is 10.2. The van der Waals surface area contributed by atoms with Crippen molar-refractivity contribution in [3.8, 4) is 11.3 Å². The number of pyridine rings is 1. The first-order valence-electron chi connectivity index (χ1n) is 9.04. The molecule has 0 aliphatic carbocycles. The van der Waals surface area contributed by atoms with E-state index in [-0.39, 0.29) is 5.91 Å². The number of nitrogens with zero attached hydrogens (tertiary/aromatic N) is 7. The average Bonchev–Trinajstić information content (AvgIpc) is 3.24. The molecule has 1 aliphatic rings. The molecular formula is C19H21N7O2. The number of piperazine rings is 1. The molecule has 0 aromatic carbocycles. The van der Waals surface area contributed by atoms with Crippen molar-refractivity contribution in [3.63, 3.8) is 0 Å². The maximum absolute atomic E-state index is 12.7. The molecule has 4 heterocycles. The van der Waals surface area contributed by atoms with Gasteiger partial charge in [0.05, 0.1) is 0 Å². The highest BCUT2D eigenvalue weighted by Crippen LogP contribution is 2.21. The standard InChI is InChI=1S/C19H21N7O2/c1-24(2)17-5-6-18(22-21-17)25-8-10-26(11-9-25)19(27)15-12-16(28-23-15)14-4-3-7-20-13-14/h3-7,12-13H,8-11H2,1-2H3. The first-order chi connectivity index (χ1) is 13.6. The SMILES string of the molecule is CN(C)c1ccc(N2CCN(C(=O)c3cc(-c4cccnc4)on3)CC2)nn1. The number of hydrogen-bond donors (Lipinski definition) is 0. The van der Waals surface area contributed by atoms with Crippen molar-refractivity contribution in [2.45, 2.75) is 0 Å². The zero-order valence-electron chi connectivity index (χ0n) is 15.8. The van der Waals surface area contributed by atoms with Gasteiger partial charge in [0.2, 0.25) is 0 Å². The van der Waals surface area contributed by atoms with E-state index in [1.54, 1.807) is 23.4 Å². The van der Waals surface area contributed by atoms with Gasteiger partial charge in [-0.15, -0.1) is 10.2 Å². The van der Waals surface area contributed by atoms with Gasteiger partial charge >= 0.3 is 0 Å². The van der Waals surface area contributed by atoms with Crippen LogP contribution >= 0.6 is 0 Å². The summed E-state index contributed by atoms with van der Waals surface area (Å²) >= 11 is 0. The summed E-state index contributed by atoms with van der Waals surface area (Å²) in [6, 6.07) is 9.24. The Bertz CT molecular complexity index is 932. The van der Waals surface area contributed by atoms with Gasteiger partial charge < -0.3 is 19.2 Å². The number of anilines is 2. The Kier molecular flexibility index (Phi) is 4.88. The van der Waals surface area contributed by atoms with Crippen LogP contribution in [0.15, 0.2) is 47.2 Å². The molecule has 0 unspecified atom stereocenters. The maximum Gasteiger partial charge on any atom is 0.276 e. The minimum absolute atomic E-state index is 0.132. The summed E-state index contributed by atoms with van der Waals surface area (Å²) < 4.78 is 5.31. The highest BCUT2D eigenvalue weighted by molar-refractivity contribution is 5.93. The molecule has 3 aromatic rings. The molecule has 3 aromatic heterocycles. The second-order valence-corrected chi connectivity index (χ2v) is 6.74. The lowest BCUT2D eigenvalue weighted by molar-refractivity contribution is 0.0736. The van der Waals surface area contributed by atoms with Crippen molar-refractivity contribution in [2.75, 3.05) is 50.1 Å². The summed E-state index contributed by atoms with van der Waals surface area (Å²) in [5.74, 6) is 2.03. The van der Waals surface area contributed by atoms with E-state index in [1.165, 1.54) is 0 Å². The lowest BCUT2D eigenvalue weighted by Crippen LogP contribution is -2.49. The van der Waals surface area contributed by atoms with Crippen LogP contribution in [-0.4, -0.2) is 71.4 Å². The molecule has 28 heavy (non-hydrogen) atoms. The van der Waals surface area contributed by atoms with Crippen LogP contribution in [0.25, 0.3) is 11.3 Å². The predicted octanol–water partition coefficient (Wildman–Crippen LogP) is 1.55. The molecule has 0 saturated carbocycles. The molecule has 0 atom stereocenters. The van der Waals surface area contributed by atoms with Gasteiger partial charge in [0.25, 0.3) is 5.91 Å². The van der Waals surface area contributed by atoms with E-state index in [1.807, 2.05) is 43.3 Å². The second kappa shape index (κ2) is 7.63. The Morgan fingerprint density at radius 1 is 1.11 bits per heavy atom. The summed E-state index contributed by atoms with van der Waals surface area (Å²) in [4.78, 5) is 22.6. The van der Waals surface area contributed by atoms with Crippen LogP contribution in [0.2, 0.25) is 0 Å². The first-order valence-corrected chi connectivity index (χ1v) is 9.04. The van der Waals surface area contributed by atoms with Gasteiger partial charge in [-0.05, 0) is 24.3 Å². The topological polar surface area (TPSA) is 91.5 Å².